The fourth-order valence-corrected chi connectivity index (χ4v) is 2.89. The van der Waals surface area contributed by atoms with E-state index >= 15 is 0 Å². The molecule has 1 saturated carbocycles. The lowest BCUT2D eigenvalue weighted by Crippen LogP contribution is -2.50. The van der Waals surface area contributed by atoms with Gasteiger partial charge in [-0.2, -0.15) is 4.98 Å². The van der Waals surface area contributed by atoms with Crippen LogP contribution < -0.4 is 0 Å². The molecule has 2 aliphatic rings. The van der Waals surface area contributed by atoms with E-state index in [0.29, 0.717) is 17.8 Å². The molecule has 1 aliphatic heterocycles. The molecule has 3 rings (SSSR count). The lowest BCUT2D eigenvalue weighted by atomic mass is 10.1. The van der Waals surface area contributed by atoms with Gasteiger partial charge in [0, 0.05) is 32.1 Å². The second kappa shape index (κ2) is 5.38. The first-order valence-electron chi connectivity index (χ1n) is 7.35. The lowest BCUT2D eigenvalue weighted by Gasteiger charge is -2.37. The van der Waals surface area contributed by atoms with Gasteiger partial charge >= 0.3 is 5.97 Å². The topological polar surface area (TPSA) is 71.7 Å². The molecule has 0 N–H and O–H groups in total. The molecule has 0 spiro atoms. The van der Waals surface area contributed by atoms with Gasteiger partial charge in [0.05, 0.1) is 7.11 Å². The highest BCUT2D eigenvalue weighted by Crippen LogP contribution is 2.48. The number of hydrogen-bond donors (Lipinski definition) is 0. The van der Waals surface area contributed by atoms with E-state index in [1.807, 2.05) is 0 Å². The number of methoxy groups -OCH3 is 1. The SMILES string of the molecule is COC(=O)C1(c2nc(CC3CN(C)CCN3C)no2)CC1. The molecule has 2 heterocycles. The van der Waals surface area contributed by atoms with Gasteiger partial charge in [-0.3, -0.25) is 4.79 Å². The van der Waals surface area contributed by atoms with Crippen molar-refractivity contribution in [1.29, 1.82) is 0 Å². The minimum atomic E-state index is -0.671. The molecule has 7 nitrogen and oxygen atoms in total. The Morgan fingerprint density at radius 3 is 2.86 bits per heavy atom. The van der Waals surface area contributed by atoms with Crippen LogP contribution in [0.25, 0.3) is 0 Å². The molecule has 1 aromatic heterocycles. The number of carbonyl (C=O) groups is 1. The minimum Gasteiger partial charge on any atom is -0.468 e. The van der Waals surface area contributed by atoms with E-state index in [-0.39, 0.29) is 5.97 Å². The van der Waals surface area contributed by atoms with Crippen molar-refractivity contribution in [3.05, 3.63) is 11.7 Å². The van der Waals surface area contributed by atoms with Crippen molar-refractivity contribution in [2.45, 2.75) is 30.7 Å². The summed E-state index contributed by atoms with van der Waals surface area (Å²) in [6.45, 7) is 3.11. The third kappa shape index (κ3) is 2.67. The van der Waals surface area contributed by atoms with E-state index in [0.717, 1.165) is 38.9 Å². The Balaban J connectivity index is 1.69. The quantitative estimate of drug-likeness (QED) is 0.727. The average Bonchev–Trinajstić information content (AvgIpc) is 3.16. The summed E-state index contributed by atoms with van der Waals surface area (Å²) in [4.78, 5) is 20.9. The van der Waals surface area contributed by atoms with Gasteiger partial charge in [-0.25, -0.2) is 0 Å². The normalized spacial score (nSPS) is 25.8. The Labute approximate surface area is 124 Å². The van der Waals surface area contributed by atoms with Crippen molar-refractivity contribution in [2.24, 2.45) is 0 Å². The first-order chi connectivity index (χ1) is 10.0. The number of carbonyl (C=O) groups excluding carboxylic acids is 1. The van der Waals surface area contributed by atoms with Crippen molar-refractivity contribution in [1.82, 2.24) is 19.9 Å². The molecule has 1 aromatic rings. The minimum absolute atomic E-state index is 0.271. The Bertz CT molecular complexity index is 526. The maximum Gasteiger partial charge on any atom is 0.321 e. The second-order valence-corrected chi connectivity index (χ2v) is 6.19. The molecule has 2 fully saturated rings. The number of esters is 1. The van der Waals surface area contributed by atoms with Crippen LogP contribution in [-0.4, -0.2) is 72.8 Å². The number of rotatable bonds is 4. The lowest BCUT2D eigenvalue weighted by molar-refractivity contribution is -0.144. The van der Waals surface area contributed by atoms with Crippen LogP contribution in [0.1, 0.15) is 24.6 Å². The van der Waals surface area contributed by atoms with Crippen LogP contribution in [0.5, 0.6) is 0 Å². The molecule has 0 amide bonds. The molecular formula is C14H22N4O3. The van der Waals surface area contributed by atoms with Crippen LogP contribution in [0.15, 0.2) is 4.52 Å². The number of hydrogen-bond acceptors (Lipinski definition) is 7. The smallest absolute Gasteiger partial charge is 0.321 e. The van der Waals surface area contributed by atoms with Crippen LogP contribution in [0, 0.1) is 0 Å². The van der Waals surface area contributed by atoms with Gasteiger partial charge in [-0.1, -0.05) is 5.16 Å². The van der Waals surface area contributed by atoms with Gasteiger partial charge in [-0.05, 0) is 26.9 Å². The van der Waals surface area contributed by atoms with Crippen molar-refractivity contribution in [2.75, 3.05) is 40.8 Å². The van der Waals surface area contributed by atoms with Gasteiger partial charge in [-0.15, -0.1) is 0 Å². The zero-order chi connectivity index (χ0) is 15.0. The molecule has 21 heavy (non-hydrogen) atoms. The highest BCUT2D eigenvalue weighted by atomic mass is 16.5. The molecule has 1 atom stereocenters. The van der Waals surface area contributed by atoms with Crippen LogP contribution in [-0.2, 0) is 21.4 Å². The summed E-state index contributed by atoms with van der Waals surface area (Å²) in [7, 11) is 5.64. The molecule has 1 saturated heterocycles. The highest BCUT2D eigenvalue weighted by Gasteiger charge is 2.57. The molecule has 0 bridgehead atoms. The fraction of sp³-hybridized carbons (Fsp3) is 0.786. The van der Waals surface area contributed by atoms with E-state index in [2.05, 4.69) is 34.0 Å². The fourth-order valence-electron chi connectivity index (χ4n) is 2.89. The van der Waals surface area contributed by atoms with Crippen molar-refractivity contribution >= 4 is 5.97 Å². The predicted octanol–water partition coefficient (Wildman–Crippen LogP) is 0.0625. The number of likely N-dealkylation sites (N-methyl/N-ethyl adjacent to an activating group) is 2. The van der Waals surface area contributed by atoms with Crippen molar-refractivity contribution in [3.63, 3.8) is 0 Å². The summed E-state index contributed by atoms with van der Waals surface area (Å²) in [5.41, 5.74) is -0.671. The third-order valence-electron chi connectivity index (χ3n) is 4.60. The summed E-state index contributed by atoms with van der Waals surface area (Å²) >= 11 is 0. The molecule has 0 radical (unpaired) electrons. The van der Waals surface area contributed by atoms with E-state index in [1.165, 1.54) is 7.11 Å². The second-order valence-electron chi connectivity index (χ2n) is 6.19. The Morgan fingerprint density at radius 2 is 2.19 bits per heavy atom. The average molecular weight is 294 g/mol. The number of piperazine rings is 1. The van der Waals surface area contributed by atoms with Gasteiger partial charge in [0.2, 0.25) is 5.89 Å². The van der Waals surface area contributed by atoms with Gasteiger partial charge in [0.1, 0.15) is 5.41 Å². The third-order valence-corrected chi connectivity index (χ3v) is 4.60. The zero-order valence-corrected chi connectivity index (χ0v) is 12.8. The van der Waals surface area contributed by atoms with Crippen LogP contribution >= 0.6 is 0 Å². The van der Waals surface area contributed by atoms with E-state index in [9.17, 15) is 4.79 Å². The number of ether oxygens (including phenoxy) is 1. The molecule has 0 aromatic carbocycles. The Kier molecular flexibility index (Phi) is 3.71. The maximum atomic E-state index is 11.8. The van der Waals surface area contributed by atoms with Gasteiger partial charge in [0.25, 0.3) is 0 Å². The number of aromatic nitrogens is 2. The first kappa shape index (κ1) is 14.5. The van der Waals surface area contributed by atoms with E-state index in [4.69, 9.17) is 9.26 Å². The molecule has 116 valence electrons. The van der Waals surface area contributed by atoms with E-state index in [1.54, 1.807) is 0 Å². The van der Waals surface area contributed by atoms with Crippen molar-refractivity contribution in [3.8, 4) is 0 Å². The van der Waals surface area contributed by atoms with Gasteiger partial charge < -0.3 is 19.1 Å². The first-order valence-corrected chi connectivity index (χ1v) is 7.35. The molecule has 1 aliphatic carbocycles. The summed E-state index contributed by atoms with van der Waals surface area (Å²) in [5, 5.41) is 4.05. The number of nitrogens with zero attached hydrogens (tertiary/aromatic N) is 4. The Morgan fingerprint density at radius 1 is 1.43 bits per heavy atom. The van der Waals surface area contributed by atoms with E-state index < -0.39 is 5.41 Å². The molecule has 7 heteroatoms. The molecular weight excluding hydrogens is 272 g/mol. The standard InChI is InChI=1S/C14H22N4O3/c1-17-6-7-18(2)10(9-17)8-11-15-12(21-16-11)14(4-5-14)13(19)20-3/h10H,4-9H2,1-3H3. The van der Waals surface area contributed by atoms with Crippen molar-refractivity contribution < 1.29 is 14.1 Å². The summed E-state index contributed by atoms with van der Waals surface area (Å²) in [6, 6.07) is 0.377. The summed E-state index contributed by atoms with van der Waals surface area (Å²) < 4.78 is 10.2. The maximum absolute atomic E-state index is 11.8. The predicted molar refractivity (Wildman–Crippen MR) is 74.8 cm³/mol. The van der Waals surface area contributed by atoms with Crippen LogP contribution in [0.3, 0.4) is 0 Å². The zero-order valence-electron chi connectivity index (χ0n) is 12.8. The van der Waals surface area contributed by atoms with Gasteiger partial charge in [0.15, 0.2) is 5.82 Å². The van der Waals surface area contributed by atoms with Crippen LogP contribution in [0.2, 0.25) is 0 Å². The van der Waals surface area contributed by atoms with Crippen LogP contribution in [0.4, 0.5) is 0 Å². The molecule has 1 unspecified atom stereocenters. The monoisotopic (exact) mass is 294 g/mol. The Hall–Kier alpha value is -1.47. The highest BCUT2D eigenvalue weighted by molar-refractivity contribution is 5.85. The largest absolute Gasteiger partial charge is 0.468 e. The summed E-state index contributed by atoms with van der Waals surface area (Å²) in [5.74, 6) is 0.815. The summed E-state index contributed by atoms with van der Waals surface area (Å²) in [6.07, 6.45) is 2.20.